The molecule has 0 saturated carbocycles. The van der Waals surface area contributed by atoms with Crippen molar-refractivity contribution in [3.63, 3.8) is 0 Å². The number of rotatable bonds is 15. The van der Waals surface area contributed by atoms with Crippen molar-refractivity contribution in [2.75, 3.05) is 12.0 Å². The fourth-order valence-corrected chi connectivity index (χ4v) is 3.07. The first-order valence-corrected chi connectivity index (χ1v) is 11.4. The highest BCUT2D eigenvalue weighted by Crippen LogP contribution is 2.05. The highest BCUT2D eigenvalue weighted by Gasteiger charge is 2.29. The molecule has 0 spiro atoms. The van der Waals surface area contributed by atoms with Crippen LogP contribution in [0.3, 0.4) is 0 Å². The minimum absolute atomic E-state index is 0.169. The van der Waals surface area contributed by atoms with Crippen LogP contribution in [0.4, 0.5) is 0 Å². The second kappa shape index (κ2) is 14.6. The summed E-state index contributed by atoms with van der Waals surface area (Å²) in [5.74, 6) is -3.78. The molecule has 0 aliphatic heterocycles. The van der Waals surface area contributed by atoms with E-state index in [9.17, 15) is 29.1 Å². The lowest BCUT2D eigenvalue weighted by Gasteiger charge is -2.23. The van der Waals surface area contributed by atoms with Crippen molar-refractivity contribution in [1.29, 1.82) is 0 Å². The van der Waals surface area contributed by atoms with Gasteiger partial charge in [0.25, 0.3) is 0 Å². The maximum atomic E-state index is 12.5. The van der Waals surface area contributed by atoms with E-state index >= 15 is 0 Å². The van der Waals surface area contributed by atoms with Crippen LogP contribution in [-0.2, 0) is 24.0 Å². The number of nitrogens with two attached hydrogens (primary N) is 1. The Morgan fingerprint density at radius 2 is 1.45 bits per heavy atom. The predicted octanol–water partition coefficient (Wildman–Crippen LogP) is -0.463. The van der Waals surface area contributed by atoms with Gasteiger partial charge in [0.15, 0.2) is 0 Å². The number of thioether (sulfide) groups is 1. The summed E-state index contributed by atoms with van der Waals surface area (Å²) in [6.07, 6.45) is 1.73. The molecule has 0 radical (unpaired) electrons. The number of amides is 3. The van der Waals surface area contributed by atoms with Gasteiger partial charge in [-0.15, -0.1) is 0 Å². The zero-order valence-electron chi connectivity index (χ0n) is 18.3. The van der Waals surface area contributed by atoms with Crippen molar-refractivity contribution in [2.45, 2.75) is 70.6 Å². The number of carbonyl (C=O) groups excluding carboxylic acids is 3. The molecule has 0 aromatic heterocycles. The second-order valence-electron chi connectivity index (χ2n) is 7.64. The third-order valence-corrected chi connectivity index (χ3v) is 4.96. The summed E-state index contributed by atoms with van der Waals surface area (Å²) in [4.78, 5) is 59.4. The summed E-state index contributed by atoms with van der Waals surface area (Å²) in [6, 6.07) is -4.27. The maximum Gasteiger partial charge on any atom is 0.326 e. The molecular formula is C19H34N4O7S. The zero-order chi connectivity index (χ0) is 24.1. The van der Waals surface area contributed by atoms with Crippen LogP contribution in [0.2, 0.25) is 0 Å². The van der Waals surface area contributed by atoms with Crippen LogP contribution in [0, 0.1) is 5.92 Å². The van der Waals surface area contributed by atoms with E-state index in [1.807, 2.05) is 13.8 Å². The zero-order valence-corrected chi connectivity index (χ0v) is 19.2. The smallest absolute Gasteiger partial charge is 0.326 e. The maximum absolute atomic E-state index is 12.5. The van der Waals surface area contributed by atoms with Gasteiger partial charge in [0.1, 0.15) is 18.1 Å². The van der Waals surface area contributed by atoms with E-state index in [4.69, 9.17) is 10.8 Å². The molecule has 31 heavy (non-hydrogen) atoms. The minimum atomic E-state index is -1.27. The fraction of sp³-hybridized carbons (Fsp3) is 0.737. The van der Waals surface area contributed by atoms with Crippen molar-refractivity contribution in [3.05, 3.63) is 0 Å². The molecule has 4 atom stereocenters. The van der Waals surface area contributed by atoms with E-state index in [1.165, 1.54) is 18.7 Å². The highest BCUT2D eigenvalue weighted by molar-refractivity contribution is 7.98. The number of carboxylic acid groups (broad SMARTS) is 2. The summed E-state index contributed by atoms with van der Waals surface area (Å²) >= 11 is 1.41. The van der Waals surface area contributed by atoms with Gasteiger partial charge in [-0.3, -0.25) is 19.2 Å². The molecule has 0 aliphatic carbocycles. The molecule has 0 saturated heterocycles. The first kappa shape index (κ1) is 28.7. The minimum Gasteiger partial charge on any atom is -0.481 e. The Morgan fingerprint density at radius 3 is 1.94 bits per heavy atom. The molecule has 0 rings (SSSR count). The van der Waals surface area contributed by atoms with E-state index in [0.29, 0.717) is 12.2 Å². The van der Waals surface area contributed by atoms with Gasteiger partial charge in [0.2, 0.25) is 17.7 Å². The number of aliphatic carboxylic acids is 2. The summed E-state index contributed by atoms with van der Waals surface area (Å²) in [5.41, 5.74) is 5.79. The third kappa shape index (κ3) is 12.2. The standard InChI is InChI=1S/C19H34N4O7S/c1-10(2)9-12(20)17(27)21-11(3)16(26)22-13(5-6-15(24)25)18(28)23-14(19(29)30)7-8-31-4/h10-14H,5-9,20H2,1-4H3,(H,21,27)(H,22,26)(H,23,28)(H,24,25)(H,29,30). The Bertz CT molecular complexity index is 645. The number of hydrogen-bond acceptors (Lipinski definition) is 7. The molecule has 0 bridgehead atoms. The van der Waals surface area contributed by atoms with Crippen LogP contribution in [0.5, 0.6) is 0 Å². The van der Waals surface area contributed by atoms with Crippen molar-refractivity contribution in [1.82, 2.24) is 16.0 Å². The molecule has 0 heterocycles. The van der Waals surface area contributed by atoms with Gasteiger partial charge in [0, 0.05) is 6.42 Å². The average molecular weight is 463 g/mol. The fourth-order valence-electron chi connectivity index (χ4n) is 2.60. The molecule has 0 fully saturated rings. The Kier molecular flexibility index (Phi) is 13.5. The Balaban J connectivity index is 5.13. The second-order valence-corrected chi connectivity index (χ2v) is 8.63. The molecule has 0 aliphatic rings. The number of carbonyl (C=O) groups is 5. The number of hydrogen-bond donors (Lipinski definition) is 6. The van der Waals surface area contributed by atoms with E-state index < -0.39 is 60.2 Å². The van der Waals surface area contributed by atoms with Crippen LogP contribution < -0.4 is 21.7 Å². The van der Waals surface area contributed by atoms with Gasteiger partial charge in [-0.2, -0.15) is 11.8 Å². The summed E-state index contributed by atoms with van der Waals surface area (Å²) in [5, 5.41) is 25.4. The molecule has 4 unspecified atom stereocenters. The lowest BCUT2D eigenvalue weighted by Crippen LogP contribution is -2.56. The topological polar surface area (TPSA) is 188 Å². The van der Waals surface area contributed by atoms with E-state index in [2.05, 4.69) is 16.0 Å². The van der Waals surface area contributed by atoms with Crippen LogP contribution >= 0.6 is 11.8 Å². The highest BCUT2D eigenvalue weighted by atomic mass is 32.2. The molecule has 0 aromatic rings. The Labute approximate surface area is 186 Å². The van der Waals surface area contributed by atoms with Crippen molar-refractivity contribution in [3.8, 4) is 0 Å². The SMILES string of the molecule is CSCCC(NC(=O)C(CCC(=O)O)NC(=O)C(C)NC(=O)C(N)CC(C)C)C(=O)O. The largest absolute Gasteiger partial charge is 0.481 e. The summed E-state index contributed by atoms with van der Waals surface area (Å²) in [7, 11) is 0. The van der Waals surface area contributed by atoms with Crippen LogP contribution in [0.1, 0.15) is 46.5 Å². The van der Waals surface area contributed by atoms with Gasteiger partial charge in [-0.05, 0) is 44.1 Å². The molecule has 12 heteroatoms. The summed E-state index contributed by atoms with van der Waals surface area (Å²) in [6.45, 7) is 5.21. The van der Waals surface area contributed by atoms with Crippen molar-refractivity contribution >= 4 is 41.4 Å². The Hall–Kier alpha value is -2.34. The number of nitrogens with one attached hydrogen (secondary N) is 3. The van der Waals surface area contributed by atoms with Crippen LogP contribution in [0.15, 0.2) is 0 Å². The Morgan fingerprint density at radius 1 is 0.871 bits per heavy atom. The van der Waals surface area contributed by atoms with Gasteiger partial charge < -0.3 is 31.9 Å². The van der Waals surface area contributed by atoms with Crippen LogP contribution in [0.25, 0.3) is 0 Å². The van der Waals surface area contributed by atoms with Gasteiger partial charge in [-0.1, -0.05) is 13.8 Å². The number of carboxylic acids is 2. The lowest BCUT2D eigenvalue weighted by molar-refractivity contribution is -0.143. The molecule has 11 nitrogen and oxygen atoms in total. The van der Waals surface area contributed by atoms with E-state index in [-0.39, 0.29) is 18.8 Å². The molecule has 7 N–H and O–H groups in total. The van der Waals surface area contributed by atoms with Gasteiger partial charge >= 0.3 is 11.9 Å². The third-order valence-electron chi connectivity index (χ3n) is 4.32. The predicted molar refractivity (Wildman–Crippen MR) is 116 cm³/mol. The normalized spacial score (nSPS) is 14.8. The average Bonchev–Trinajstić information content (AvgIpc) is 2.66. The van der Waals surface area contributed by atoms with Gasteiger partial charge in [0.05, 0.1) is 6.04 Å². The first-order valence-electron chi connectivity index (χ1n) is 9.99. The van der Waals surface area contributed by atoms with E-state index in [0.717, 1.165) is 0 Å². The molecule has 3 amide bonds. The lowest BCUT2D eigenvalue weighted by atomic mass is 10.0. The van der Waals surface area contributed by atoms with E-state index in [1.54, 1.807) is 6.26 Å². The van der Waals surface area contributed by atoms with Crippen molar-refractivity contribution in [2.24, 2.45) is 11.7 Å². The van der Waals surface area contributed by atoms with Crippen LogP contribution in [-0.4, -0.2) is 76.0 Å². The molecular weight excluding hydrogens is 428 g/mol. The quantitative estimate of drug-likeness (QED) is 0.187. The molecule has 178 valence electrons. The first-order chi connectivity index (χ1) is 14.4. The van der Waals surface area contributed by atoms with Crippen molar-refractivity contribution < 1.29 is 34.2 Å². The monoisotopic (exact) mass is 462 g/mol. The molecule has 0 aromatic carbocycles. The van der Waals surface area contributed by atoms with Gasteiger partial charge in [-0.25, -0.2) is 4.79 Å². The summed E-state index contributed by atoms with van der Waals surface area (Å²) < 4.78 is 0.